The van der Waals surface area contributed by atoms with Gasteiger partial charge < -0.3 is 14.3 Å². The highest BCUT2D eigenvalue weighted by atomic mass is 16.5. The van der Waals surface area contributed by atoms with Crippen LogP contribution in [-0.4, -0.2) is 17.2 Å². The van der Waals surface area contributed by atoms with Crippen LogP contribution >= 0.6 is 0 Å². The molecule has 1 aromatic carbocycles. The van der Waals surface area contributed by atoms with Gasteiger partial charge in [0.2, 0.25) is 0 Å². The fourth-order valence-electron chi connectivity index (χ4n) is 3.91. The van der Waals surface area contributed by atoms with Crippen molar-refractivity contribution < 1.29 is 4.52 Å². The summed E-state index contributed by atoms with van der Waals surface area (Å²) in [6.07, 6.45) is 3.71. The van der Waals surface area contributed by atoms with Gasteiger partial charge in [-0.3, -0.25) is 4.98 Å². The molecule has 0 unspecified atom stereocenters. The van der Waals surface area contributed by atoms with Gasteiger partial charge in [-0.05, 0) is 56.5 Å². The number of aromatic nitrogens is 2. The highest BCUT2D eigenvalue weighted by molar-refractivity contribution is 5.76. The smallest absolute Gasteiger partial charge is 0.274 e. The van der Waals surface area contributed by atoms with Crippen LogP contribution in [0.3, 0.4) is 0 Å². The van der Waals surface area contributed by atoms with E-state index < -0.39 is 0 Å². The molecule has 1 fully saturated rings. The predicted molar refractivity (Wildman–Crippen MR) is 111 cm³/mol. The second-order valence-electron chi connectivity index (χ2n) is 7.76. The zero-order chi connectivity index (χ0) is 20.1. The Morgan fingerprint density at radius 1 is 1.11 bits per heavy atom. The van der Waals surface area contributed by atoms with Crippen molar-refractivity contribution >= 4 is 11.4 Å². The van der Waals surface area contributed by atoms with Gasteiger partial charge in [-0.15, -0.1) is 0 Å². The third-order valence-electron chi connectivity index (χ3n) is 5.72. The average Bonchev–Trinajstić information content (AvgIpc) is 3.41. The first-order valence-corrected chi connectivity index (χ1v) is 9.49. The maximum atomic E-state index is 7.49. The van der Waals surface area contributed by atoms with Crippen molar-refractivity contribution in [1.29, 1.82) is 0 Å². The second-order valence-corrected chi connectivity index (χ2v) is 7.76. The first-order valence-electron chi connectivity index (χ1n) is 9.49. The van der Waals surface area contributed by atoms with Gasteiger partial charge in [0.15, 0.2) is 0 Å². The van der Waals surface area contributed by atoms with E-state index in [1.165, 1.54) is 5.56 Å². The Balaban J connectivity index is 1.73. The summed E-state index contributed by atoms with van der Waals surface area (Å²) in [6, 6.07) is 8.54. The summed E-state index contributed by atoms with van der Waals surface area (Å²) in [7, 11) is 2.05. The second kappa shape index (κ2) is 6.49. The Kier molecular flexibility index (Phi) is 4.23. The molecule has 5 heteroatoms. The Morgan fingerprint density at radius 3 is 2.43 bits per heavy atom. The van der Waals surface area contributed by atoms with E-state index in [0.717, 1.165) is 58.1 Å². The van der Waals surface area contributed by atoms with Gasteiger partial charge in [-0.1, -0.05) is 17.3 Å². The minimum absolute atomic E-state index is 0.375. The van der Waals surface area contributed by atoms with Crippen LogP contribution in [0, 0.1) is 34.3 Å². The van der Waals surface area contributed by atoms with Crippen LogP contribution in [0.4, 0.5) is 11.4 Å². The van der Waals surface area contributed by atoms with E-state index in [1.54, 1.807) is 0 Å². The Bertz CT molecular complexity index is 1080. The van der Waals surface area contributed by atoms with Gasteiger partial charge in [0.05, 0.1) is 17.6 Å². The normalized spacial score (nSPS) is 14.6. The van der Waals surface area contributed by atoms with Gasteiger partial charge in [-0.25, -0.2) is 6.57 Å². The van der Waals surface area contributed by atoms with E-state index in [2.05, 4.69) is 65.0 Å². The number of pyridine rings is 1. The Labute approximate surface area is 165 Å². The van der Waals surface area contributed by atoms with Crippen molar-refractivity contribution in [2.24, 2.45) is 0 Å². The lowest BCUT2D eigenvalue weighted by Gasteiger charge is -2.23. The molecule has 0 atom stereocenters. The third-order valence-corrected chi connectivity index (χ3v) is 5.72. The predicted octanol–water partition coefficient (Wildman–Crippen LogP) is 5.65. The van der Waals surface area contributed by atoms with Gasteiger partial charge in [0, 0.05) is 31.1 Å². The number of nitrogens with zero attached hydrogens (tertiary/aromatic N) is 4. The number of aryl methyl sites for hydroxylation is 4. The lowest BCUT2D eigenvalue weighted by atomic mass is 10.0. The minimum Gasteiger partial charge on any atom is -0.361 e. The molecule has 2 aromatic heterocycles. The maximum Gasteiger partial charge on any atom is 0.274 e. The summed E-state index contributed by atoms with van der Waals surface area (Å²) in [5.74, 6) is 0.825. The fraction of sp³-hybridized carbons (Fsp3) is 0.348. The standard InChI is InChI=1S/C23H24N4O/c1-14-7-8-18(21-16(3)26-28-17(21)4)12-20(14)27(6)19-11-15(2)22(25-13-19)23(24-5)9-10-23/h7-8,11-13H,9-10H2,1-4,6H3. The molecule has 28 heavy (non-hydrogen) atoms. The molecule has 0 radical (unpaired) electrons. The van der Waals surface area contributed by atoms with Crippen LogP contribution in [0.1, 0.15) is 41.1 Å². The van der Waals surface area contributed by atoms with Crippen LogP contribution in [0.15, 0.2) is 35.0 Å². The SMILES string of the molecule is [C-]#[N+]C1(c2ncc(N(C)c3cc(-c4c(C)noc4C)ccc3C)cc2C)CC1. The van der Waals surface area contributed by atoms with E-state index >= 15 is 0 Å². The Morgan fingerprint density at radius 2 is 1.86 bits per heavy atom. The number of anilines is 2. The van der Waals surface area contributed by atoms with Crippen LogP contribution in [0.2, 0.25) is 0 Å². The molecular formula is C23H24N4O. The van der Waals surface area contributed by atoms with Gasteiger partial charge >= 0.3 is 0 Å². The molecule has 1 aliphatic carbocycles. The van der Waals surface area contributed by atoms with E-state index in [9.17, 15) is 0 Å². The van der Waals surface area contributed by atoms with Crippen LogP contribution in [0.25, 0.3) is 16.0 Å². The first-order chi connectivity index (χ1) is 13.4. The van der Waals surface area contributed by atoms with Crippen molar-refractivity contribution in [2.75, 3.05) is 11.9 Å². The summed E-state index contributed by atoms with van der Waals surface area (Å²) in [5, 5.41) is 4.08. The van der Waals surface area contributed by atoms with Crippen molar-refractivity contribution in [3.05, 3.63) is 70.2 Å². The van der Waals surface area contributed by atoms with E-state index in [-0.39, 0.29) is 5.54 Å². The third kappa shape index (κ3) is 2.86. The summed E-state index contributed by atoms with van der Waals surface area (Å²) < 4.78 is 5.34. The molecule has 0 amide bonds. The minimum atomic E-state index is -0.375. The number of rotatable bonds is 4. The number of hydrogen-bond donors (Lipinski definition) is 0. The van der Waals surface area contributed by atoms with Crippen LogP contribution in [-0.2, 0) is 5.54 Å². The molecule has 0 spiro atoms. The quantitative estimate of drug-likeness (QED) is 0.556. The summed E-state index contributed by atoms with van der Waals surface area (Å²) in [6.45, 7) is 15.6. The van der Waals surface area contributed by atoms with Gasteiger partial charge in [-0.2, -0.15) is 0 Å². The number of hydrogen-bond acceptors (Lipinski definition) is 4. The monoisotopic (exact) mass is 372 g/mol. The van der Waals surface area contributed by atoms with Crippen molar-refractivity contribution in [3.63, 3.8) is 0 Å². The van der Waals surface area contributed by atoms with Crippen LogP contribution < -0.4 is 4.90 Å². The summed E-state index contributed by atoms with van der Waals surface area (Å²) >= 11 is 0. The topological polar surface area (TPSA) is 46.5 Å². The fourth-order valence-corrected chi connectivity index (χ4v) is 3.91. The molecule has 2 heterocycles. The largest absolute Gasteiger partial charge is 0.361 e. The zero-order valence-electron chi connectivity index (χ0n) is 17.0. The zero-order valence-corrected chi connectivity index (χ0v) is 17.0. The molecule has 0 aliphatic heterocycles. The highest BCUT2D eigenvalue weighted by Crippen LogP contribution is 2.50. The number of benzene rings is 1. The molecule has 0 N–H and O–H groups in total. The van der Waals surface area contributed by atoms with E-state index in [4.69, 9.17) is 11.1 Å². The first kappa shape index (κ1) is 18.2. The molecule has 0 bridgehead atoms. The molecule has 4 rings (SSSR count). The molecule has 0 saturated heterocycles. The lowest BCUT2D eigenvalue weighted by Crippen LogP contribution is -2.14. The van der Waals surface area contributed by atoms with Crippen molar-refractivity contribution in [2.45, 2.75) is 46.1 Å². The van der Waals surface area contributed by atoms with Crippen molar-refractivity contribution in [3.8, 4) is 11.1 Å². The molecule has 1 aliphatic rings. The van der Waals surface area contributed by atoms with Crippen molar-refractivity contribution in [1.82, 2.24) is 10.1 Å². The summed E-state index contributed by atoms with van der Waals surface area (Å²) in [5.41, 5.74) is 7.98. The average molecular weight is 372 g/mol. The maximum absolute atomic E-state index is 7.49. The molecule has 5 nitrogen and oxygen atoms in total. The Hall–Kier alpha value is -3.13. The lowest BCUT2D eigenvalue weighted by molar-refractivity contribution is 0.393. The molecule has 3 aromatic rings. The summed E-state index contributed by atoms with van der Waals surface area (Å²) in [4.78, 5) is 10.7. The molecule has 1 saturated carbocycles. The van der Waals surface area contributed by atoms with E-state index in [0.29, 0.717) is 0 Å². The van der Waals surface area contributed by atoms with Crippen LogP contribution in [0.5, 0.6) is 0 Å². The van der Waals surface area contributed by atoms with E-state index in [1.807, 2.05) is 20.0 Å². The highest BCUT2D eigenvalue weighted by Gasteiger charge is 2.54. The van der Waals surface area contributed by atoms with Gasteiger partial charge in [0.25, 0.3) is 5.54 Å². The van der Waals surface area contributed by atoms with Gasteiger partial charge in [0.1, 0.15) is 11.5 Å². The molecule has 142 valence electrons. The molecular weight excluding hydrogens is 348 g/mol.